The average Bonchev–Trinajstić information content (AvgIpc) is 3.16. The molecule has 1 N–H and O–H groups in total. The lowest BCUT2D eigenvalue weighted by atomic mass is 9.93. The monoisotopic (exact) mass is 444 g/mol. The quantitative estimate of drug-likeness (QED) is 0.520. The molecule has 1 aliphatic heterocycles. The molecule has 1 amide bonds. The first kappa shape index (κ1) is 23.2. The van der Waals surface area contributed by atoms with Crippen LogP contribution < -0.4 is 5.32 Å². The van der Waals surface area contributed by atoms with Crippen LogP contribution in [0.15, 0.2) is 42.5 Å². The largest absolute Gasteiger partial charge is 0.326 e. The zero-order valence-corrected chi connectivity index (χ0v) is 21.2. The van der Waals surface area contributed by atoms with Gasteiger partial charge in [0.1, 0.15) is 0 Å². The van der Waals surface area contributed by atoms with Crippen LogP contribution in [0.25, 0.3) is 16.9 Å². The van der Waals surface area contributed by atoms with Gasteiger partial charge in [0.05, 0.1) is 22.6 Å². The van der Waals surface area contributed by atoms with E-state index < -0.39 is 0 Å². The molecule has 4 rings (SSSR count). The third kappa shape index (κ3) is 4.34. The van der Waals surface area contributed by atoms with E-state index in [9.17, 15) is 4.79 Å². The maximum absolute atomic E-state index is 11.5. The molecule has 33 heavy (non-hydrogen) atoms. The van der Waals surface area contributed by atoms with E-state index in [0.717, 1.165) is 41.4 Å². The third-order valence-corrected chi connectivity index (χ3v) is 6.50. The SMILES string of the molecule is CC(=O)Nc1ccc(-c2c3c(nn2-c2c(C)cccc2C)C(C)(C)N(CC(C)(C)C)C3)cc1. The molecule has 0 unspecified atom stereocenters. The zero-order chi connectivity index (χ0) is 24.1. The summed E-state index contributed by atoms with van der Waals surface area (Å²) in [5, 5.41) is 8.14. The Morgan fingerprint density at radius 3 is 2.21 bits per heavy atom. The summed E-state index contributed by atoms with van der Waals surface area (Å²) in [4.78, 5) is 14.0. The number of hydrogen-bond donors (Lipinski definition) is 1. The molecule has 0 bridgehead atoms. The van der Waals surface area contributed by atoms with Crippen LogP contribution in [0.4, 0.5) is 5.69 Å². The van der Waals surface area contributed by atoms with Gasteiger partial charge in [-0.2, -0.15) is 5.10 Å². The van der Waals surface area contributed by atoms with Crippen molar-refractivity contribution in [2.45, 2.75) is 67.5 Å². The third-order valence-electron chi connectivity index (χ3n) is 6.50. The summed E-state index contributed by atoms with van der Waals surface area (Å²) in [5.41, 5.74) is 9.08. The molecule has 0 atom stereocenters. The minimum atomic E-state index is -0.157. The molecule has 2 aromatic carbocycles. The van der Waals surface area contributed by atoms with E-state index in [1.54, 1.807) is 0 Å². The molecule has 5 heteroatoms. The standard InChI is InChI=1S/C28H36N4O/c1-18-10-9-11-19(2)24(18)32-25(21-12-14-22(15-13-21)29-20(3)33)23-16-31(17-27(4,5)6)28(7,8)26(23)30-32/h9-15H,16-17H2,1-8H3,(H,29,33). The van der Waals surface area contributed by atoms with Crippen LogP contribution >= 0.6 is 0 Å². The molecule has 0 radical (unpaired) electrons. The van der Waals surface area contributed by atoms with E-state index in [0.29, 0.717) is 0 Å². The van der Waals surface area contributed by atoms with E-state index in [2.05, 4.69) is 93.7 Å². The Morgan fingerprint density at radius 1 is 1.06 bits per heavy atom. The van der Waals surface area contributed by atoms with E-state index in [4.69, 9.17) is 5.10 Å². The van der Waals surface area contributed by atoms with Gasteiger partial charge in [-0.25, -0.2) is 4.68 Å². The lowest BCUT2D eigenvalue weighted by molar-refractivity contribution is -0.114. The van der Waals surface area contributed by atoms with Crippen molar-refractivity contribution < 1.29 is 4.79 Å². The normalized spacial score (nSPS) is 15.5. The highest BCUT2D eigenvalue weighted by atomic mass is 16.1. The minimum Gasteiger partial charge on any atom is -0.326 e. The second-order valence-electron chi connectivity index (χ2n) is 11.1. The smallest absolute Gasteiger partial charge is 0.221 e. The van der Waals surface area contributed by atoms with Crippen LogP contribution in [-0.4, -0.2) is 27.1 Å². The molecule has 2 heterocycles. The first-order chi connectivity index (χ1) is 15.4. The number of benzene rings is 2. The van der Waals surface area contributed by atoms with Gasteiger partial charge in [-0.05, 0) is 56.4 Å². The number of carbonyl (C=O) groups is 1. The summed E-state index contributed by atoms with van der Waals surface area (Å²) in [5.74, 6) is -0.0659. The van der Waals surface area contributed by atoms with Gasteiger partial charge >= 0.3 is 0 Å². The summed E-state index contributed by atoms with van der Waals surface area (Å²) < 4.78 is 2.15. The number of anilines is 1. The van der Waals surface area contributed by atoms with Crippen molar-refractivity contribution in [1.29, 1.82) is 0 Å². The highest BCUT2D eigenvalue weighted by molar-refractivity contribution is 5.89. The highest BCUT2D eigenvalue weighted by Gasteiger charge is 2.44. The molecule has 0 spiro atoms. The summed E-state index contributed by atoms with van der Waals surface area (Å²) in [6.45, 7) is 19.1. The van der Waals surface area contributed by atoms with Gasteiger partial charge in [-0.15, -0.1) is 0 Å². The Morgan fingerprint density at radius 2 is 1.67 bits per heavy atom. The molecule has 174 valence electrons. The first-order valence-electron chi connectivity index (χ1n) is 11.7. The van der Waals surface area contributed by atoms with Gasteiger partial charge in [-0.3, -0.25) is 9.69 Å². The molecule has 0 saturated carbocycles. The highest BCUT2D eigenvalue weighted by Crippen LogP contribution is 2.45. The number of hydrogen-bond acceptors (Lipinski definition) is 3. The second kappa shape index (κ2) is 8.14. The Balaban J connectivity index is 1.90. The predicted molar refractivity (Wildman–Crippen MR) is 136 cm³/mol. The first-order valence-corrected chi connectivity index (χ1v) is 11.7. The van der Waals surface area contributed by atoms with Gasteiger partial charge in [0.25, 0.3) is 0 Å². The molecule has 0 aliphatic carbocycles. The average molecular weight is 445 g/mol. The molecule has 0 saturated heterocycles. The van der Waals surface area contributed by atoms with Gasteiger partial charge in [0.2, 0.25) is 5.91 Å². The molecular weight excluding hydrogens is 408 g/mol. The number of para-hydroxylation sites is 1. The van der Waals surface area contributed by atoms with Crippen molar-refractivity contribution in [3.05, 3.63) is 64.8 Å². The molecule has 5 nitrogen and oxygen atoms in total. The number of carbonyl (C=O) groups excluding carboxylic acids is 1. The summed E-state index contributed by atoms with van der Waals surface area (Å²) in [7, 11) is 0. The van der Waals surface area contributed by atoms with Crippen molar-refractivity contribution in [1.82, 2.24) is 14.7 Å². The van der Waals surface area contributed by atoms with Gasteiger partial charge in [0.15, 0.2) is 0 Å². The molecule has 0 fully saturated rings. The summed E-state index contributed by atoms with van der Waals surface area (Å²) >= 11 is 0. The number of fused-ring (bicyclic) bond motifs is 1. The number of aromatic nitrogens is 2. The van der Waals surface area contributed by atoms with Gasteiger partial charge in [-0.1, -0.05) is 51.1 Å². The second-order valence-corrected chi connectivity index (χ2v) is 11.1. The Kier molecular flexibility index (Phi) is 5.73. The maximum atomic E-state index is 11.5. The van der Waals surface area contributed by atoms with E-state index in [-0.39, 0.29) is 16.9 Å². The van der Waals surface area contributed by atoms with Crippen LogP contribution in [0, 0.1) is 19.3 Å². The van der Waals surface area contributed by atoms with E-state index >= 15 is 0 Å². The zero-order valence-electron chi connectivity index (χ0n) is 21.2. The summed E-state index contributed by atoms with van der Waals surface area (Å²) in [6, 6.07) is 14.5. The Hall–Kier alpha value is -2.92. The molecule has 1 aliphatic rings. The van der Waals surface area contributed by atoms with Crippen molar-refractivity contribution in [2.24, 2.45) is 5.41 Å². The molecular formula is C28H36N4O. The Bertz CT molecular complexity index is 1180. The lowest BCUT2D eigenvalue weighted by Gasteiger charge is -2.36. The van der Waals surface area contributed by atoms with Crippen molar-refractivity contribution >= 4 is 11.6 Å². The van der Waals surface area contributed by atoms with Crippen LogP contribution in [0.3, 0.4) is 0 Å². The Labute approximate surface area is 197 Å². The van der Waals surface area contributed by atoms with Crippen LogP contribution in [-0.2, 0) is 16.9 Å². The molecule has 3 aromatic rings. The summed E-state index contributed by atoms with van der Waals surface area (Å²) in [6.07, 6.45) is 0. The topological polar surface area (TPSA) is 50.2 Å². The maximum Gasteiger partial charge on any atom is 0.221 e. The predicted octanol–water partition coefficient (Wildman–Crippen LogP) is 6.21. The number of amides is 1. The van der Waals surface area contributed by atoms with Crippen molar-refractivity contribution in [3.63, 3.8) is 0 Å². The fraction of sp³-hybridized carbons (Fsp3) is 0.429. The molecule has 1 aromatic heterocycles. The number of nitrogens with zero attached hydrogens (tertiary/aromatic N) is 3. The van der Waals surface area contributed by atoms with Crippen LogP contribution in [0.2, 0.25) is 0 Å². The van der Waals surface area contributed by atoms with Crippen molar-refractivity contribution in [3.8, 4) is 16.9 Å². The van der Waals surface area contributed by atoms with Crippen LogP contribution in [0.5, 0.6) is 0 Å². The number of rotatable bonds is 4. The van der Waals surface area contributed by atoms with Crippen molar-refractivity contribution in [2.75, 3.05) is 11.9 Å². The number of aryl methyl sites for hydroxylation is 2. The van der Waals surface area contributed by atoms with E-state index in [1.165, 1.54) is 23.6 Å². The fourth-order valence-corrected chi connectivity index (χ4v) is 4.97. The van der Waals surface area contributed by atoms with Gasteiger partial charge in [0, 0.05) is 36.8 Å². The number of nitrogens with one attached hydrogen (secondary N) is 1. The minimum absolute atomic E-state index is 0.0659. The lowest BCUT2D eigenvalue weighted by Crippen LogP contribution is -2.41. The van der Waals surface area contributed by atoms with Gasteiger partial charge < -0.3 is 5.32 Å². The van der Waals surface area contributed by atoms with Crippen LogP contribution in [0.1, 0.15) is 63.9 Å². The van der Waals surface area contributed by atoms with E-state index in [1.807, 2.05) is 12.1 Å². The fourth-order valence-electron chi connectivity index (χ4n) is 4.97.